The van der Waals surface area contributed by atoms with E-state index in [9.17, 15) is 0 Å². The molecule has 0 heterocycles. The van der Waals surface area contributed by atoms with Crippen molar-refractivity contribution in [3.63, 3.8) is 0 Å². The van der Waals surface area contributed by atoms with Gasteiger partial charge in [0.05, 0.1) is 6.10 Å². The molecule has 0 spiro atoms. The van der Waals surface area contributed by atoms with Crippen LogP contribution in [0.1, 0.15) is 19.8 Å². The van der Waals surface area contributed by atoms with Gasteiger partial charge in [-0.05, 0) is 26.3 Å². The molecule has 2 nitrogen and oxygen atoms in total. The lowest BCUT2D eigenvalue weighted by Gasteiger charge is -2.03. The van der Waals surface area contributed by atoms with Crippen molar-refractivity contribution in [2.75, 3.05) is 13.1 Å². The highest BCUT2D eigenvalue weighted by Crippen LogP contribution is 1.92. The molecule has 0 aromatic carbocycles. The lowest BCUT2D eigenvalue weighted by atomic mass is 10.2. The molecule has 0 rings (SSSR count). The summed E-state index contributed by atoms with van der Waals surface area (Å²) in [6, 6.07) is 0. The van der Waals surface area contributed by atoms with Crippen molar-refractivity contribution in [1.29, 1.82) is 0 Å². The first-order chi connectivity index (χ1) is 5.27. The van der Waals surface area contributed by atoms with Crippen molar-refractivity contribution in [2.24, 2.45) is 0 Å². The number of hydrogen-bond acceptors (Lipinski definition) is 2. The van der Waals surface area contributed by atoms with Crippen molar-refractivity contribution < 1.29 is 5.11 Å². The van der Waals surface area contributed by atoms with Gasteiger partial charge >= 0.3 is 0 Å². The maximum atomic E-state index is 8.89. The second-order valence-corrected chi connectivity index (χ2v) is 2.81. The van der Waals surface area contributed by atoms with E-state index >= 15 is 0 Å². The molecule has 1 unspecified atom stereocenters. The lowest BCUT2D eigenvalue weighted by molar-refractivity contribution is 0.181. The van der Waals surface area contributed by atoms with Gasteiger partial charge in [0.1, 0.15) is 0 Å². The van der Waals surface area contributed by atoms with Gasteiger partial charge in [0.25, 0.3) is 0 Å². The zero-order valence-corrected chi connectivity index (χ0v) is 7.64. The predicted octanol–water partition coefficient (Wildman–Crippen LogP) is 1.49. The number of hydrogen-bond donors (Lipinski definition) is 2. The molecule has 11 heavy (non-hydrogen) atoms. The minimum Gasteiger partial charge on any atom is -0.393 e. The molecule has 0 aromatic heterocycles. The molecule has 0 fully saturated rings. The van der Waals surface area contributed by atoms with E-state index in [2.05, 4.69) is 5.32 Å². The Labute approximate surface area is 73.3 Å². The monoisotopic (exact) mass is 177 g/mol. The second-order valence-electron chi connectivity index (χ2n) is 2.56. The van der Waals surface area contributed by atoms with Crippen LogP contribution in [-0.2, 0) is 0 Å². The van der Waals surface area contributed by atoms with Crippen molar-refractivity contribution in [3.8, 4) is 0 Å². The van der Waals surface area contributed by atoms with Crippen LogP contribution >= 0.6 is 11.6 Å². The first-order valence-electron chi connectivity index (χ1n) is 3.91. The molecular formula is C8H16ClNO. The van der Waals surface area contributed by atoms with Crippen LogP contribution in [0.5, 0.6) is 0 Å². The number of aliphatic hydroxyl groups is 1. The van der Waals surface area contributed by atoms with E-state index < -0.39 is 0 Å². The fourth-order valence-corrected chi connectivity index (χ4v) is 0.841. The molecule has 66 valence electrons. The normalized spacial score (nSPS) is 14.1. The molecule has 2 N–H and O–H groups in total. The van der Waals surface area contributed by atoms with Gasteiger partial charge in [-0.3, -0.25) is 0 Å². The molecule has 0 aliphatic carbocycles. The number of aliphatic hydroxyl groups excluding tert-OH is 1. The van der Waals surface area contributed by atoms with Crippen molar-refractivity contribution in [3.05, 3.63) is 11.6 Å². The highest BCUT2D eigenvalue weighted by atomic mass is 35.5. The van der Waals surface area contributed by atoms with Gasteiger partial charge in [0.15, 0.2) is 0 Å². The number of halogens is 1. The Morgan fingerprint density at radius 2 is 2.36 bits per heavy atom. The van der Waals surface area contributed by atoms with Crippen molar-refractivity contribution in [1.82, 2.24) is 5.32 Å². The van der Waals surface area contributed by atoms with E-state index in [1.54, 1.807) is 6.92 Å². The summed E-state index contributed by atoms with van der Waals surface area (Å²) >= 11 is 5.30. The van der Waals surface area contributed by atoms with Gasteiger partial charge in [0.2, 0.25) is 0 Å². The first kappa shape index (κ1) is 11.0. The number of rotatable bonds is 6. The first-order valence-corrected chi connectivity index (χ1v) is 4.35. The third-order valence-electron chi connectivity index (χ3n) is 1.33. The van der Waals surface area contributed by atoms with Crippen molar-refractivity contribution >= 4 is 11.6 Å². The van der Waals surface area contributed by atoms with E-state index in [0.717, 1.165) is 25.9 Å². The third-order valence-corrected chi connectivity index (χ3v) is 1.50. The zero-order chi connectivity index (χ0) is 8.53. The maximum Gasteiger partial charge on any atom is 0.0512 e. The summed E-state index contributed by atoms with van der Waals surface area (Å²) in [4.78, 5) is 0. The quantitative estimate of drug-likeness (QED) is 0.603. The third kappa shape index (κ3) is 9.95. The standard InChI is InChI=1S/C8H16ClNO/c1-8(11)4-2-6-10-7-3-5-9/h3,5,8,10-11H,2,4,6-7H2,1H3/b5-3+. The van der Waals surface area contributed by atoms with Gasteiger partial charge in [-0.25, -0.2) is 0 Å². The van der Waals surface area contributed by atoms with E-state index in [4.69, 9.17) is 16.7 Å². The molecule has 0 aliphatic heterocycles. The minimum absolute atomic E-state index is 0.180. The van der Waals surface area contributed by atoms with E-state index in [0.29, 0.717) is 0 Å². The second kappa shape index (κ2) is 8.05. The topological polar surface area (TPSA) is 32.3 Å². The lowest BCUT2D eigenvalue weighted by Crippen LogP contribution is -2.16. The number of nitrogens with one attached hydrogen (secondary N) is 1. The predicted molar refractivity (Wildman–Crippen MR) is 48.8 cm³/mol. The molecule has 0 saturated carbocycles. The highest BCUT2D eigenvalue weighted by molar-refractivity contribution is 6.25. The van der Waals surface area contributed by atoms with Gasteiger partial charge < -0.3 is 10.4 Å². The molecule has 0 aromatic rings. The molecule has 0 amide bonds. The van der Waals surface area contributed by atoms with Crippen LogP contribution in [-0.4, -0.2) is 24.3 Å². The zero-order valence-electron chi connectivity index (χ0n) is 6.89. The van der Waals surface area contributed by atoms with Gasteiger partial charge in [0, 0.05) is 12.1 Å². The fourth-order valence-electron chi connectivity index (χ4n) is 0.752. The van der Waals surface area contributed by atoms with Crippen LogP contribution < -0.4 is 5.32 Å². The van der Waals surface area contributed by atoms with Crippen LogP contribution in [0.2, 0.25) is 0 Å². The van der Waals surface area contributed by atoms with Crippen LogP contribution in [0.4, 0.5) is 0 Å². The summed E-state index contributed by atoms with van der Waals surface area (Å²) in [6.07, 6.45) is 3.54. The van der Waals surface area contributed by atoms with E-state index in [1.807, 2.05) is 6.08 Å². The van der Waals surface area contributed by atoms with E-state index in [-0.39, 0.29) is 6.10 Å². The summed E-state index contributed by atoms with van der Waals surface area (Å²) in [5.74, 6) is 0. The molecular weight excluding hydrogens is 162 g/mol. The summed E-state index contributed by atoms with van der Waals surface area (Å²) in [6.45, 7) is 3.55. The van der Waals surface area contributed by atoms with Gasteiger partial charge in [-0.15, -0.1) is 0 Å². The summed E-state index contributed by atoms with van der Waals surface area (Å²) < 4.78 is 0. The van der Waals surface area contributed by atoms with Gasteiger partial charge in [-0.2, -0.15) is 0 Å². The van der Waals surface area contributed by atoms with Gasteiger partial charge in [-0.1, -0.05) is 17.7 Å². The maximum absolute atomic E-state index is 8.89. The molecule has 0 saturated heterocycles. The Morgan fingerprint density at radius 1 is 1.64 bits per heavy atom. The van der Waals surface area contributed by atoms with Crippen LogP contribution in [0.25, 0.3) is 0 Å². The molecule has 1 atom stereocenters. The SMILES string of the molecule is CC(O)CCCNC/C=C/Cl. The summed E-state index contributed by atoms with van der Waals surface area (Å²) in [5, 5.41) is 12.1. The Bertz CT molecular complexity index is 104. The van der Waals surface area contributed by atoms with Crippen LogP contribution in [0, 0.1) is 0 Å². The van der Waals surface area contributed by atoms with Crippen LogP contribution in [0.15, 0.2) is 11.6 Å². The smallest absolute Gasteiger partial charge is 0.0512 e. The molecule has 0 radical (unpaired) electrons. The Kier molecular flexibility index (Phi) is 8.01. The van der Waals surface area contributed by atoms with Crippen molar-refractivity contribution in [2.45, 2.75) is 25.9 Å². The van der Waals surface area contributed by atoms with Crippen LogP contribution in [0.3, 0.4) is 0 Å². The molecule has 0 aliphatic rings. The fraction of sp³-hybridized carbons (Fsp3) is 0.750. The highest BCUT2D eigenvalue weighted by Gasteiger charge is 1.93. The Balaban J connectivity index is 2.91. The van der Waals surface area contributed by atoms with E-state index in [1.165, 1.54) is 5.54 Å². The molecule has 0 bridgehead atoms. The Hall–Kier alpha value is -0.0500. The largest absolute Gasteiger partial charge is 0.393 e. The average molecular weight is 178 g/mol. The summed E-state index contributed by atoms with van der Waals surface area (Å²) in [7, 11) is 0. The average Bonchev–Trinajstić information content (AvgIpc) is 1.96. The molecule has 3 heteroatoms. The minimum atomic E-state index is -0.180. The Morgan fingerprint density at radius 3 is 2.91 bits per heavy atom. The summed E-state index contributed by atoms with van der Waals surface area (Å²) in [5.41, 5.74) is 1.50.